The van der Waals surface area contributed by atoms with Crippen molar-refractivity contribution in [2.24, 2.45) is 0 Å². The molecule has 0 saturated carbocycles. The number of carbonyl (C=O) groups excluding carboxylic acids is 1. The van der Waals surface area contributed by atoms with Crippen molar-refractivity contribution < 1.29 is 64.3 Å². The van der Waals surface area contributed by atoms with Crippen molar-refractivity contribution in [3.63, 3.8) is 0 Å². The van der Waals surface area contributed by atoms with Crippen LogP contribution in [0.3, 0.4) is 0 Å². The quantitative estimate of drug-likeness (QED) is 0.0925. The molecule has 2 saturated heterocycles. The first-order valence-corrected chi connectivity index (χ1v) is 13.7. The number of unbranched alkanes of at least 4 members (excludes halogenated alkanes) is 7. The fraction of sp³-hybridized carbons (Fsp3) is 0.920. The Balaban J connectivity index is 1.88. The Morgan fingerprint density at radius 3 is 1.97 bits per heavy atom. The van der Waals surface area contributed by atoms with E-state index >= 15 is 0 Å². The molecule has 2 heterocycles. The molecule has 0 unspecified atom stereocenters. The molecule has 14 heteroatoms. The van der Waals surface area contributed by atoms with Crippen molar-refractivity contribution in [2.45, 2.75) is 126 Å². The maximum atomic E-state index is 12.3. The number of rotatable bonds is 17. The van der Waals surface area contributed by atoms with E-state index in [0.717, 1.165) is 19.3 Å². The molecule has 0 aliphatic carbocycles. The fourth-order valence-electron chi connectivity index (χ4n) is 4.58. The smallest absolute Gasteiger partial charge is 0.329 e. The largest absolute Gasteiger partial charge is 0.480 e. The number of hydrogen-bond donors (Lipinski definition) is 8. The van der Waals surface area contributed by atoms with Gasteiger partial charge in [-0.2, -0.15) is 0 Å². The molecule has 2 aliphatic heterocycles. The van der Waals surface area contributed by atoms with Crippen LogP contribution < -0.4 is 5.32 Å². The second kappa shape index (κ2) is 17.4. The van der Waals surface area contributed by atoms with Gasteiger partial charge in [-0.1, -0.05) is 51.9 Å². The second-order valence-corrected chi connectivity index (χ2v) is 10.1. The summed E-state index contributed by atoms with van der Waals surface area (Å²) in [6.07, 6.45) is -6.92. The molecule has 2 fully saturated rings. The molecule has 0 aromatic rings. The van der Waals surface area contributed by atoms with E-state index in [-0.39, 0.29) is 18.9 Å². The van der Waals surface area contributed by atoms with Crippen LogP contribution >= 0.6 is 0 Å². The molecule has 1 amide bonds. The molecule has 39 heavy (non-hydrogen) atoms. The molecule has 2 aliphatic rings. The van der Waals surface area contributed by atoms with E-state index in [9.17, 15) is 40.2 Å². The minimum absolute atomic E-state index is 0.197. The van der Waals surface area contributed by atoms with Gasteiger partial charge in [0, 0.05) is 13.0 Å². The summed E-state index contributed by atoms with van der Waals surface area (Å²) in [4.78, 5) is 23.1. The third-order valence-corrected chi connectivity index (χ3v) is 6.92. The van der Waals surface area contributed by atoms with Gasteiger partial charge in [-0.3, -0.25) is 4.79 Å². The molecule has 2 rings (SSSR count). The predicted molar refractivity (Wildman–Crippen MR) is 133 cm³/mol. The van der Waals surface area contributed by atoms with Crippen LogP contribution in [0.15, 0.2) is 0 Å². The first kappa shape index (κ1) is 33.7. The predicted octanol–water partition coefficient (Wildman–Crippen LogP) is -1.63. The zero-order valence-electron chi connectivity index (χ0n) is 22.3. The van der Waals surface area contributed by atoms with E-state index in [1.54, 1.807) is 0 Å². The van der Waals surface area contributed by atoms with Crippen LogP contribution in [0.25, 0.3) is 0 Å². The van der Waals surface area contributed by atoms with E-state index in [4.69, 9.17) is 24.1 Å². The van der Waals surface area contributed by atoms with Crippen LogP contribution in [0.2, 0.25) is 0 Å². The Morgan fingerprint density at radius 2 is 1.36 bits per heavy atom. The number of carboxylic acids is 1. The molecule has 8 N–H and O–H groups in total. The minimum Gasteiger partial charge on any atom is -0.480 e. The maximum absolute atomic E-state index is 12.3. The lowest BCUT2D eigenvalue weighted by Crippen LogP contribution is -2.64. The highest BCUT2D eigenvalue weighted by Crippen LogP contribution is 2.29. The number of aliphatic carboxylic acids is 1. The van der Waals surface area contributed by atoms with Crippen LogP contribution in [0.5, 0.6) is 0 Å². The van der Waals surface area contributed by atoms with Crippen LogP contribution in [-0.4, -0.2) is 129 Å². The Bertz CT molecular complexity index is 728. The van der Waals surface area contributed by atoms with Crippen LogP contribution in [0.4, 0.5) is 0 Å². The van der Waals surface area contributed by atoms with Gasteiger partial charge < -0.3 is 60.0 Å². The molecule has 228 valence electrons. The summed E-state index contributed by atoms with van der Waals surface area (Å²) in [5.74, 6) is -1.63. The number of amides is 1. The number of hydrogen-bond acceptors (Lipinski definition) is 12. The monoisotopic (exact) mass is 567 g/mol. The number of carboxylic acid groups (broad SMARTS) is 1. The van der Waals surface area contributed by atoms with Gasteiger partial charge in [0.15, 0.2) is 12.6 Å². The lowest BCUT2D eigenvalue weighted by molar-refractivity contribution is -0.376. The van der Waals surface area contributed by atoms with E-state index < -0.39 is 80.6 Å². The summed E-state index contributed by atoms with van der Waals surface area (Å²) < 4.78 is 21.4. The van der Waals surface area contributed by atoms with Gasteiger partial charge in [-0.05, 0) is 6.42 Å². The molecule has 14 nitrogen and oxygen atoms in total. The van der Waals surface area contributed by atoms with Crippen LogP contribution in [-0.2, 0) is 28.5 Å². The Kier molecular flexibility index (Phi) is 15.0. The third kappa shape index (κ3) is 10.5. The minimum atomic E-state index is -1.79. The van der Waals surface area contributed by atoms with Gasteiger partial charge in [0.2, 0.25) is 5.91 Å². The van der Waals surface area contributed by atoms with Gasteiger partial charge in [0.05, 0.1) is 6.61 Å². The molecule has 0 aromatic heterocycles. The molecule has 10 atom stereocenters. The summed E-state index contributed by atoms with van der Waals surface area (Å²) in [5.41, 5.74) is 0. The van der Waals surface area contributed by atoms with Crippen molar-refractivity contribution in [1.29, 1.82) is 0 Å². The van der Waals surface area contributed by atoms with Crippen molar-refractivity contribution in [3.8, 4) is 0 Å². The van der Waals surface area contributed by atoms with Gasteiger partial charge >= 0.3 is 5.97 Å². The number of aliphatic hydroxyl groups is 6. The highest BCUT2D eigenvalue weighted by Gasteiger charge is 2.50. The zero-order valence-corrected chi connectivity index (χ0v) is 22.3. The molecule has 0 bridgehead atoms. The van der Waals surface area contributed by atoms with Gasteiger partial charge in [-0.15, -0.1) is 0 Å². The first-order chi connectivity index (χ1) is 18.6. The topological polar surface area (TPSA) is 225 Å². The van der Waals surface area contributed by atoms with Crippen molar-refractivity contribution >= 4 is 11.9 Å². The molecule has 0 aromatic carbocycles. The Labute approximate surface area is 227 Å². The fourth-order valence-corrected chi connectivity index (χ4v) is 4.58. The van der Waals surface area contributed by atoms with Gasteiger partial charge in [-0.25, -0.2) is 4.79 Å². The lowest BCUT2D eigenvalue weighted by Gasteiger charge is -2.45. The summed E-state index contributed by atoms with van der Waals surface area (Å²) >= 11 is 0. The number of ether oxygens (including phenoxy) is 4. The maximum Gasteiger partial charge on any atom is 0.329 e. The SMILES string of the molecule is CCCCCCCCCCC(=O)NC[C@H]1O[C@H](O[C@@H]2O[C@@H](CO)[C@H](O)[C@H](OCC(=O)O)[C@H]2O)[C@@H](O)[C@H](O)[C@@H]1O. The summed E-state index contributed by atoms with van der Waals surface area (Å²) in [6, 6.07) is 0. The van der Waals surface area contributed by atoms with Gasteiger partial charge in [0.1, 0.15) is 55.4 Å². The van der Waals surface area contributed by atoms with E-state index in [1.807, 2.05) is 0 Å². The Hall–Kier alpha value is -1.46. The van der Waals surface area contributed by atoms with Crippen molar-refractivity contribution in [2.75, 3.05) is 19.8 Å². The van der Waals surface area contributed by atoms with E-state index in [0.29, 0.717) is 6.42 Å². The number of carbonyl (C=O) groups is 2. The van der Waals surface area contributed by atoms with Crippen LogP contribution in [0.1, 0.15) is 64.7 Å². The third-order valence-electron chi connectivity index (χ3n) is 6.92. The first-order valence-electron chi connectivity index (χ1n) is 13.7. The van der Waals surface area contributed by atoms with Gasteiger partial charge in [0.25, 0.3) is 0 Å². The Morgan fingerprint density at radius 1 is 0.769 bits per heavy atom. The van der Waals surface area contributed by atoms with E-state index in [1.165, 1.54) is 25.7 Å². The molecule has 0 spiro atoms. The average molecular weight is 568 g/mol. The summed E-state index contributed by atoms with van der Waals surface area (Å²) in [5, 5.41) is 72.8. The standard InChI is InChI=1S/C25H45NO13/c1-2-3-4-5-6-7-8-9-10-16(28)26-11-14-18(31)20(33)21(34)24(37-14)39-25-22(35)23(36-13-17(29)30)19(32)15(12-27)38-25/h14-15,18-25,27,31-35H,2-13H2,1H3,(H,26,28)(H,29,30)/t14-,15+,18-,19+,20-,21+,22-,23+,24-,25+/m1/s1. The van der Waals surface area contributed by atoms with Crippen LogP contribution in [0, 0.1) is 0 Å². The summed E-state index contributed by atoms with van der Waals surface area (Å²) in [7, 11) is 0. The molecular formula is C25H45NO13. The van der Waals surface area contributed by atoms with Crippen molar-refractivity contribution in [3.05, 3.63) is 0 Å². The van der Waals surface area contributed by atoms with E-state index in [2.05, 4.69) is 12.2 Å². The average Bonchev–Trinajstić information content (AvgIpc) is 2.90. The molecular weight excluding hydrogens is 522 g/mol. The zero-order chi connectivity index (χ0) is 28.9. The highest BCUT2D eigenvalue weighted by molar-refractivity contribution is 5.75. The summed E-state index contributed by atoms with van der Waals surface area (Å²) in [6.45, 7) is 0.371. The number of nitrogens with one attached hydrogen (secondary N) is 1. The normalized spacial score (nSPS) is 35.1. The second-order valence-electron chi connectivity index (χ2n) is 10.1. The number of aliphatic hydroxyl groups excluding tert-OH is 6. The van der Waals surface area contributed by atoms with Crippen molar-refractivity contribution in [1.82, 2.24) is 5.32 Å². The molecule has 0 radical (unpaired) electrons. The highest BCUT2D eigenvalue weighted by atomic mass is 16.8. The lowest BCUT2D eigenvalue weighted by atomic mass is 9.97.